The first-order valence-corrected chi connectivity index (χ1v) is 11.8. The lowest BCUT2D eigenvalue weighted by Gasteiger charge is -2.22. The van der Waals surface area contributed by atoms with Crippen molar-refractivity contribution in [2.24, 2.45) is 0 Å². The summed E-state index contributed by atoms with van der Waals surface area (Å²) in [4.78, 5) is 34.4. The summed E-state index contributed by atoms with van der Waals surface area (Å²) < 4.78 is 4.62. The molecule has 1 amide bonds. The molecule has 1 N–H and O–H groups in total. The molecule has 0 bridgehead atoms. The second kappa shape index (κ2) is 15.2. The minimum Gasteiger partial charge on any atom is -0.469 e. The predicted octanol–water partition coefficient (Wildman–Crippen LogP) is 5.83. The number of hydrogen-bond donors (Lipinski definition) is 1. The van der Waals surface area contributed by atoms with Crippen LogP contribution in [0.1, 0.15) is 56.3 Å². The van der Waals surface area contributed by atoms with Crippen LogP contribution in [0.3, 0.4) is 0 Å². The predicted molar refractivity (Wildman–Crippen MR) is 135 cm³/mol. The third-order valence-corrected chi connectivity index (χ3v) is 4.95. The minimum absolute atomic E-state index is 0.181. The highest BCUT2D eigenvalue weighted by Gasteiger charge is 2.15. The lowest BCUT2D eigenvalue weighted by molar-refractivity contribution is -0.140. The van der Waals surface area contributed by atoms with Crippen LogP contribution in [-0.2, 0) is 9.53 Å². The molecule has 0 saturated carbocycles. The molecule has 0 spiro atoms. The van der Waals surface area contributed by atoms with Crippen LogP contribution >= 0.6 is 0 Å². The maximum Gasteiger partial charge on any atom is 0.305 e. The number of rotatable bonds is 11. The molecule has 7 heteroatoms. The third-order valence-electron chi connectivity index (χ3n) is 4.95. The van der Waals surface area contributed by atoms with Gasteiger partial charge in [-0.15, -0.1) is 0 Å². The highest BCUT2D eigenvalue weighted by atomic mass is 16.5. The number of unbranched alkanes of at least 4 members (excludes halogenated alkanes) is 3. The lowest BCUT2D eigenvalue weighted by atomic mass is 10.1. The molecule has 0 aliphatic carbocycles. The van der Waals surface area contributed by atoms with Crippen molar-refractivity contribution in [2.45, 2.75) is 46.0 Å². The summed E-state index contributed by atoms with van der Waals surface area (Å²) in [6.07, 6.45) is 7.06. The van der Waals surface area contributed by atoms with Gasteiger partial charge in [0.15, 0.2) is 0 Å². The smallest absolute Gasteiger partial charge is 0.305 e. The van der Waals surface area contributed by atoms with Crippen molar-refractivity contribution in [3.8, 4) is 0 Å². The Balaban J connectivity index is 0.00000199. The lowest BCUT2D eigenvalue weighted by Crippen LogP contribution is -2.25. The number of carbonyl (C=O) groups is 2. The van der Waals surface area contributed by atoms with Gasteiger partial charge in [0.25, 0.3) is 5.91 Å². The monoisotopic (exact) mass is 462 g/mol. The summed E-state index contributed by atoms with van der Waals surface area (Å²) in [7, 11) is 1.40. The zero-order valence-electron chi connectivity index (χ0n) is 20.2. The van der Waals surface area contributed by atoms with Gasteiger partial charge >= 0.3 is 5.97 Å². The molecule has 0 saturated heterocycles. The summed E-state index contributed by atoms with van der Waals surface area (Å²) in [5.41, 5.74) is 2.28. The van der Waals surface area contributed by atoms with Crippen molar-refractivity contribution >= 4 is 29.2 Å². The van der Waals surface area contributed by atoms with Gasteiger partial charge in [0.2, 0.25) is 5.95 Å². The average Bonchev–Trinajstić information content (AvgIpc) is 2.91. The van der Waals surface area contributed by atoms with Crippen LogP contribution in [0.2, 0.25) is 0 Å². The van der Waals surface area contributed by atoms with E-state index >= 15 is 0 Å². The zero-order chi connectivity index (χ0) is 24.6. The Morgan fingerprint density at radius 2 is 1.35 bits per heavy atom. The summed E-state index contributed by atoms with van der Waals surface area (Å²) in [6, 6.07) is 19.7. The van der Waals surface area contributed by atoms with Crippen molar-refractivity contribution in [1.29, 1.82) is 0 Å². The van der Waals surface area contributed by atoms with Crippen LogP contribution in [0.5, 0.6) is 0 Å². The van der Waals surface area contributed by atoms with Crippen molar-refractivity contribution < 1.29 is 14.3 Å². The van der Waals surface area contributed by atoms with E-state index < -0.39 is 0 Å². The van der Waals surface area contributed by atoms with Gasteiger partial charge < -0.3 is 10.1 Å². The fraction of sp³-hybridized carbons (Fsp3) is 0.333. The number of anilines is 3. The van der Waals surface area contributed by atoms with Gasteiger partial charge in [0, 0.05) is 36.7 Å². The van der Waals surface area contributed by atoms with Crippen molar-refractivity contribution in [3.05, 3.63) is 78.6 Å². The molecular formula is C27H34N4O3. The number of nitrogens with zero attached hydrogens (tertiary/aromatic N) is 3. The Hall–Kier alpha value is -3.74. The molecule has 2 aromatic carbocycles. The van der Waals surface area contributed by atoms with Crippen LogP contribution in [0.4, 0.5) is 17.3 Å². The SMILES string of the molecule is CC.COC(=O)CCCCCCNC(=O)c1cnc(N(c2ccccc2)c2ccccc2)nc1. The Bertz CT molecular complexity index is 940. The normalized spacial score (nSPS) is 9.97. The topological polar surface area (TPSA) is 84.4 Å². The van der Waals surface area contributed by atoms with Gasteiger partial charge in [-0.2, -0.15) is 0 Å². The van der Waals surface area contributed by atoms with E-state index in [1.54, 1.807) is 12.4 Å². The van der Waals surface area contributed by atoms with E-state index in [9.17, 15) is 9.59 Å². The summed E-state index contributed by atoms with van der Waals surface area (Å²) in [5.74, 6) is 0.112. The number of hydrogen-bond acceptors (Lipinski definition) is 6. The van der Waals surface area contributed by atoms with Crippen molar-refractivity contribution in [3.63, 3.8) is 0 Å². The maximum absolute atomic E-state index is 12.4. The summed E-state index contributed by atoms with van der Waals surface area (Å²) in [6.45, 7) is 4.57. The standard InChI is InChI=1S/C25H28N4O3.C2H6/c1-32-23(30)16-10-2-3-11-17-26-24(31)20-18-27-25(28-19-20)29(21-12-6-4-7-13-21)22-14-8-5-9-15-22;1-2/h4-9,12-15,18-19H,2-3,10-11,16-17H2,1H3,(H,26,31);1-2H3. The van der Waals surface area contributed by atoms with Crippen LogP contribution in [0.15, 0.2) is 73.1 Å². The number of benzene rings is 2. The van der Waals surface area contributed by atoms with Crippen LogP contribution < -0.4 is 10.2 Å². The Labute approximate surface area is 202 Å². The molecule has 3 aromatic rings. The molecule has 0 unspecified atom stereocenters. The number of esters is 1. The molecule has 1 aromatic heterocycles. The quantitative estimate of drug-likeness (QED) is 0.285. The number of methoxy groups -OCH3 is 1. The molecule has 0 aliphatic rings. The van der Waals surface area contributed by atoms with E-state index in [0.29, 0.717) is 24.5 Å². The number of para-hydroxylation sites is 2. The molecule has 180 valence electrons. The number of carbonyl (C=O) groups excluding carboxylic acids is 2. The minimum atomic E-state index is -0.197. The molecule has 34 heavy (non-hydrogen) atoms. The highest BCUT2D eigenvalue weighted by molar-refractivity contribution is 5.93. The average molecular weight is 463 g/mol. The first-order chi connectivity index (χ1) is 16.7. The molecule has 0 atom stereocenters. The van der Waals surface area contributed by atoms with E-state index in [4.69, 9.17) is 0 Å². The van der Waals surface area contributed by atoms with E-state index in [2.05, 4.69) is 20.0 Å². The molecule has 0 radical (unpaired) electrons. The Morgan fingerprint density at radius 1 is 0.824 bits per heavy atom. The van der Waals surface area contributed by atoms with E-state index in [1.165, 1.54) is 7.11 Å². The van der Waals surface area contributed by atoms with E-state index in [-0.39, 0.29) is 11.9 Å². The van der Waals surface area contributed by atoms with E-state index in [0.717, 1.165) is 37.1 Å². The number of nitrogens with one attached hydrogen (secondary N) is 1. The van der Waals surface area contributed by atoms with Gasteiger partial charge in [-0.3, -0.25) is 14.5 Å². The van der Waals surface area contributed by atoms with Crippen LogP contribution in [-0.4, -0.2) is 35.5 Å². The molecule has 7 nitrogen and oxygen atoms in total. The summed E-state index contributed by atoms with van der Waals surface area (Å²) in [5, 5.41) is 2.90. The third kappa shape index (κ3) is 8.31. The Morgan fingerprint density at radius 3 is 1.88 bits per heavy atom. The Kier molecular flexibility index (Phi) is 11.8. The van der Waals surface area contributed by atoms with Gasteiger partial charge in [0.1, 0.15) is 0 Å². The number of ether oxygens (including phenoxy) is 1. The second-order valence-electron chi connectivity index (χ2n) is 7.27. The first kappa shape index (κ1) is 26.5. The molecular weight excluding hydrogens is 428 g/mol. The zero-order valence-corrected chi connectivity index (χ0v) is 20.2. The largest absolute Gasteiger partial charge is 0.469 e. The number of amides is 1. The van der Waals surface area contributed by atoms with Crippen molar-refractivity contribution in [1.82, 2.24) is 15.3 Å². The molecule has 0 aliphatic heterocycles. The molecule has 1 heterocycles. The van der Waals surface area contributed by atoms with E-state index in [1.807, 2.05) is 79.4 Å². The summed E-state index contributed by atoms with van der Waals surface area (Å²) >= 11 is 0. The van der Waals surface area contributed by atoms with Gasteiger partial charge in [-0.1, -0.05) is 63.1 Å². The van der Waals surface area contributed by atoms with Gasteiger partial charge in [0.05, 0.1) is 12.7 Å². The van der Waals surface area contributed by atoms with Gasteiger partial charge in [-0.05, 0) is 37.1 Å². The van der Waals surface area contributed by atoms with Crippen LogP contribution in [0.25, 0.3) is 0 Å². The van der Waals surface area contributed by atoms with Crippen LogP contribution in [0, 0.1) is 0 Å². The molecule has 3 rings (SSSR count). The maximum atomic E-state index is 12.4. The highest BCUT2D eigenvalue weighted by Crippen LogP contribution is 2.31. The number of aromatic nitrogens is 2. The molecule has 0 fully saturated rings. The van der Waals surface area contributed by atoms with Gasteiger partial charge in [-0.25, -0.2) is 9.97 Å². The first-order valence-electron chi connectivity index (χ1n) is 11.8. The fourth-order valence-corrected chi connectivity index (χ4v) is 3.24. The van der Waals surface area contributed by atoms with Crippen molar-refractivity contribution in [2.75, 3.05) is 18.6 Å². The fourth-order valence-electron chi connectivity index (χ4n) is 3.24. The second-order valence-corrected chi connectivity index (χ2v) is 7.27.